The van der Waals surface area contributed by atoms with E-state index in [4.69, 9.17) is 9.15 Å². The van der Waals surface area contributed by atoms with Crippen LogP contribution in [0.15, 0.2) is 59.1 Å². The molecule has 0 spiro atoms. The van der Waals surface area contributed by atoms with Crippen molar-refractivity contribution in [2.45, 2.75) is 13.1 Å². The SMILES string of the molecule is Fc1ccccc1-c1cnc(CNc2ccccc2CN2CCOCC2)o1. The van der Waals surface area contributed by atoms with Crippen molar-refractivity contribution < 1.29 is 13.5 Å². The molecule has 27 heavy (non-hydrogen) atoms. The highest BCUT2D eigenvalue weighted by molar-refractivity contribution is 5.57. The Morgan fingerprint density at radius 1 is 1.04 bits per heavy atom. The van der Waals surface area contributed by atoms with Gasteiger partial charge in [-0.05, 0) is 23.8 Å². The molecule has 0 atom stereocenters. The minimum absolute atomic E-state index is 0.316. The highest BCUT2D eigenvalue weighted by atomic mass is 19.1. The number of oxazole rings is 1. The van der Waals surface area contributed by atoms with Crippen molar-refractivity contribution in [3.05, 3.63) is 72.0 Å². The molecule has 2 aromatic carbocycles. The number of aromatic nitrogens is 1. The average Bonchev–Trinajstić information content (AvgIpc) is 3.17. The Hall–Kier alpha value is -2.70. The number of rotatable bonds is 6. The molecule has 0 saturated carbocycles. The quantitative estimate of drug-likeness (QED) is 0.716. The Labute approximate surface area is 157 Å². The molecule has 6 heteroatoms. The standard InChI is InChI=1S/C21H22FN3O2/c22-18-7-3-2-6-17(18)20-13-24-21(27-20)14-23-19-8-4-1-5-16(19)15-25-9-11-26-12-10-25/h1-8,13,23H,9-12,14-15H2. The van der Waals surface area contributed by atoms with Gasteiger partial charge in [-0.3, -0.25) is 4.90 Å². The minimum Gasteiger partial charge on any atom is -0.439 e. The normalized spacial score (nSPS) is 15.0. The zero-order valence-electron chi connectivity index (χ0n) is 15.0. The second-order valence-corrected chi connectivity index (χ2v) is 6.50. The van der Waals surface area contributed by atoms with Gasteiger partial charge in [-0.1, -0.05) is 30.3 Å². The molecule has 1 saturated heterocycles. The summed E-state index contributed by atoms with van der Waals surface area (Å²) >= 11 is 0. The van der Waals surface area contributed by atoms with Gasteiger partial charge in [0.05, 0.1) is 31.5 Å². The molecule has 1 aromatic heterocycles. The van der Waals surface area contributed by atoms with E-state index in [0.717, 1.165) is 38.5 Å². The third-order valence-electron chi connectivity index (χ3n) is 4.64. The van der Waals surface area contributed by atoms with Gasteiger partial charge in [-0.2, -0.15) is 0 Å². The van der Waals surface area contributed by atoms with Crippen molar-refractivity contribution in [2.75, 3.05) is 31.6 Å². The fraction of sp³-hybridized carbons (Fsp3) is 0.286. The fourth-order valence-corrected chi connectivity index (χ4v) is 3.18. The van der Waals surface area contributed by atoms with E-state index < -0.39 is 0 Å². The molecule has 0 unspecified atom stereocenters. The van der Waals surface area contributed by atoms with Crippen LogP contribution in [-0.2, 0) is 17.8 Å². The first-order valence-corrected chi connectivity index (χ1v) is 9.11. The van der Waals surface area contributed by atoms with Crippen molar-refractivity contribution in [3.63, 3.8) is 0 Å². The summed E-state index contributed by atoms with van der Waals surface area (Å²) in [6.07, 6.45) is 1.56. The lowest BCUT2D eigenvalue weighted by Crippen LogP contribution is -2.35. The maximum Gasteiger partial charge on any atom is 0.214 e. The van der Waals surface area contributed by atoms with Crippen molar-refractivity contribution in [1.29, 1.82) is 0 Å². The molecule has 1 fully saturated rings. The molecule has 5 nitrogen and oxygen atoms in total. The molecule has 140 valence electrons. The minimum atomic E-state index is -0.316. The number of benzene rings is 2. The Balaban J connectivity index is 1.43. The summed E-state index contributed by atoms with van der Waals surface area (Å²) in [5.74, 6) is 0.643. The van der Waals surface area contributed by atoms with Crippen molar-refractivity contribution >= 4 is 5.69 Å². The summed E-state index contributed by atoms with van der Waals surface area (Å²) < 4.78 is 25.0. The summed E-state index contributed by atoms with van der Waals surface area (Å²) in [7, 11) is 0. The second kappa shape index (κ2) is 8.33. The topological polar surface area (TPSA) is 50.5 Å². The van der Waals surface area contributed by atoms with Crippen LogP contribution in [0.25, 0.3) is 11.3 Å². The van der Waals surface area contributed by atoms with Gasteiger partial charge >= 0.3 is 0 Å². The van der Waals surface area contributed by atoms with Crippen molar-refractivity contribution in [2.24, 2.45) is 0 Å². The lowest BCUT2D eigenvalue weighted by molar-refractivity contribution is 0.0342. The first kappa shape index (κ1) is 17.7. The van der Waals surface area contributed by atoms with Gasteiger partial charge in [-0.25, -0.2) is 9.37 Å². The number of nitrogens with one attached hydrogen (secondary N) is 1. The molecule has 1 N–H and O–H groups in total. The predicted molar refractivity (Wildman–Crippen MR) is 102 cm³/mol. The first-order valence-electron chi connectivity index (χ1n) is 9.11. The van der Waals surface area contributed by atoms with Crippen LogP contribution in [0.4, 0.5) is 10.1 Å². The maximum atomic E-state index is 13.9. The van der Waals surface area contributed by atoms with Crippen LogP contribution in [0.1, 0.15) is 11.5 Å². The summed E-state index contributed by atoms with van der Waals surface area (Å²) in [6.45, 7) is 4.77. The molecule has 0 radical (unpaired) electrons. The summed E-state index contributed by atoms with van der Waals surface area (Å²) in [5.41, 5.74) is 2.69. The van der Waals surface area contributed by atoms with Crippen molar-refractivity contribution in [3.8, 4) is 11.3 Å². The van der Waals surface area contributed by atoms with Crippen LogP contribution < -0.4 is 5.32 Å². The molecular formula is C21H22FN3O2. The van der Waals surface area contributed by atoms with E-state index >= 15 is 0 Å². The third kappa shape index (κ3) is 4.35. The fourth-order valence-electron chi connectivity index (χ4n) is 3.18. The van der Waals surface area contributed by atoms with Gasteiger partial charge in [0.2, 0.25) is 5.89 Å². The van der Waals surface area contributed by atoms with E-state index in [9.17, 15) is 4.39 Å². The van der Waals surface area contributed by atoms with E-state index in [1.165, 1.54) is 11.6 Å². The number of hydrogen-bond donors (Lipinski definition) is 1. The maximum absolute atomic E-state index is 13.9. The Kier molecular flexibility index (Phi) is 5.46. The van der Waals surface area contributed by atoms with Gasteiger partial charge in [0.1, 0.15) is 5.82 Å². The third-order valence-corrected chi connectivity index (χ3v) is 4.64. The van der Waals surface area contributed by atoms with Crippen LogP contribution in [-0.4, -0.2) is 36.2 Å². The van der Waals surface area contributed by atoms with Gasteiger partial charge in [0.15, 0.2) is 5.76 Å². The molecule has 0 aliphatic carbocycles. The summed E-state index contributed by atoms with van der Waals surface area (Å²) in [4.78, 5) is 6.65. The molecular weight excluding hydrogens is 345 g/mol. The largest absolute Gasteiger partial charge is 0.439 e. The van der Waals surface area contributed by atoms with Crippen LogP contribution >= 0.6 is 0 Å². The lowest BCUT2D eigenvalue weighted by Gasteiger charge is -2.27. The van der Waals surface area contributed by atoms with E-state index in [1.54, 1.807) is 24.4 Å². The Morgan fingerprint density at radius 2 is 1.81 bits per heavy atom. The van der Waals surface area contributed by atoms with E-state index in [-0.39, 0.29) is 5.82 Å². The van der Waals surface area contributed by atoms with Crippen LogP contribution in [0.3, 0.4) is 0 Å². The van der Waals surface area contributed by atoms with Crippen molar-refractivity contribution in [1.82, 2.24) is 9.88 Å². The number of halogens is 1. The number of para-hydroxylation sites is 1. The highest BCUT2D eigenvalue weighted by Gasteiger charge is 2.14. The Morgan fingerprint density at radius 3 is 2.67 bits per heavy atom. The van der Waals surface area contributed by atoms with E-state index in [1.807, 2.05) is 12.1 Å². The monoisotopic (exact) mass is 367 g/mol. The molecule has 0 bridgehead atoms. The molecule has 1 aliphatic rings. The number of nitrogens with zero attached hydrogens (tertiary/aromatic N) is 2. The molecule has 3 aromatic rings. The predicted octanol–water partition coefficient (Wildman–Crippen LogP) is 3.93. The van der Waals surface area contributed by atoms with E-state index in [0.29, 0.717) is 23.8 Å². The smallest absolute Gasteiger partial charge is 0.214 e. The van der Waals surface area contributed by atoms with Crippen LogP contribution in [0, 0.1) is 5.82 Å². The highest BCUT2D eigenvalue weighted by Crippen LogP contribution is 2.24. The lowest BCUT2D eigenvalue weighted by atomic mass is 10.1. The zero-order valence-corrected chi connectivity index (χ0v) is 15.0. The van der Waals surface area contributed by atoms with Gasteiger partial charge in [0, 0.05) is 25.3 Å². The summed E-state index contributed by atoms with van der Waals surface area (Å²) in [5, 5.41) is 3.39. The van der Waals surface area contributed by atoms with Crippen LogP contribution in [0.5, 0.6) is 0 Å². The number of anilines is 1. The molecule has 2 heterocycles. The number of ether oxygens (including phenoxy) is 1. The van der Waals surface area contributed by atoms with Gasteiger partial charge < -0.3 is 14.5 Å². The summed E-state index contributed by atoms with van der Waals surface area (Å²) in [6, 6.07) is 14.8. The molecule has 1 aliphatic heterocycles. The van der Waals surface area contributed by atoms with Crippen LogP contribution in [0.2, 0.25) is 0 Å². The molecule has 4 rings (SSSR count). The zero-order chi connectivity index (χ0) is 18.5. The second-order valence-electron chi connectivity index (χ2n) is 6.50. The van der Waals surface area contributed by atoms with Gasteiger partial charge in [-0.15, -0.1) is 0 Å². The number of hydrogen-bond acceptors (Lipinski definition) is 5. The first-order chi connectivity index (χ1) is 13.3. The van der Waals surface area contributed by atoms with Gasteiger partial charge in [0.25, 0.3) is 0 Å². The number of morpholine rings is 1. The average molecular weight is 367 g/mol. The van der Waals surface area contributed by atoms with E-state index in [2.05, 4.69) is 27.3 Å². The molecule has 0 amide bonds. The Bertz CT molecular complexity index is 890.